The van der Waals surface area contributed by atoms with Crippen molar-refractivity contribution in [3.8, 4) is 11.4 Å². The van der Waals surface area contributed by atoms with Crippen molar-refractivity contribution in [2.45, 2.75) is 31.7 Å². The van der Waals surface area contributed by atoms with Crippen LogP contribution < -0.4 is 9.46 Å². The average Bonchev–Trinajstić information content (AvgIpc) is 3.15. The lowest BCUT2D eigenvalue weighted by Gasteiger charge is -2.16. The van der Waals surface area contributed by atoms with E-state index in [0.717, 1.165) is 27.7 Å². The van der Waals surface area contributed by atoms with Gasteiger partial charge in [-0.3, -0.25) is 0 Å². The van der Waals surface area contributed by atoms with E-state index < -0.39 is 16.1 Å². The van der Waals surface area contributed by atoms with Crippen LogP contribution in [-0.2, 0) is 10.0 Å². The topological polar surface area (TPSA) is 73.2 Å². The normalized spacial score (nSPS) is 12.8. The molecule has 0 aliphatic rings. The van der Waals surface area contributed by atoms with Crippen molar-refractivity contribution in [3.63, 3.8) is 0 Å². The number of rotatable bonds is 7. The molecule has 0 saturated heterocycles. The highest BCUT2D eigenvalue weighted by Gasteiger charge is 2.18. The first-order chi connectivity index (χ1) is 15.2. The minimum absolute atomic E-state index is 0.168. The monoisotopic (exact) mass is 453 g/mol. The first kappa shape index (κ1) is 22.0. The third-order valence-corrected chi connectivity index (χ3v) is 6.54. The quantitative estimate of drug-likeness (QED) is 0.446. The van der Waals surface area contributed by atoms with Crippen LogP contribution in [0.15, 0.2) is 71.8 Å². The molecule has 0 aliphatic heterocycles. The Balaban J connectivity index is 1.44. The first-order valence-corrected chi connectivity index (χ1v) is 11.7. The molecule has 0 radical (unpaired) electrons. The fourth-order valence-electron chi connectivity index (χ4n) is 3.57. The average molecular weight is 454 g/mol. The molecular formula is C24H24FN3O3S. The van der Waals surface area contributed by atoms with Gasteiger partial charge in [0.25, 0.3) is 0 Å². The van der Waals surface area contributed by atoms with E-state index in [1.54, 1.807) is 48.1 Å². The lowest BCUT2D eigenvalue weighted by Crippen LogP contribution is -2.36. The van der Waals surface area contributed by atoms with E-state index in [1.807, 2.05) is 32.0 Å². The molecule has 32 heavy (non-hydrogen) atoms. The van der Waals surface area contributed by atoms with Gasteiger partial charge in [0.05, 0.1) is 28.3 Å². The zero-order valence-corrected chi connectivity index (χ0v) is 18.9. The lowest BCUT2D eigenvalue weighted by molar-refractivity contribution is 0.288. The Morgan fingerprint density at radius 2 is 1.72 bits per heavy atom. The van der Waals surface area contributed by atoms with Crippen LogP contribution in [-0.4, -0.2) is 30.8 Å². The Morgan fingerprint density at radius 3 is 2.41 bits per heavy atom. The first-order valence-electron chi connectivity index (χ1n) is 10.2. The highest BCUT2D eigenvalue weighted by Crippen LogP contribution is 2.23. The van der Waals surface area contributed by atoms with Gasteiger partial charge in [0.2, 0.25) is 10.0 Å². The second-order valence-electron chi connectivity index (χ2n) is 7.91. The van der Waals surface area contributed by atoms with Gasteiger partial charge >= 0.3 is 0 Å². The van der Waals surface area contributed by atoms with E-state index in [4.69, 9.17) is 4.74 Å². The van der Waals surface area contributed by atoms with Crippen LogP contribution in [0.1, 0.15) is 18.1 Å². The molecule has 3 aromatic carbocycles. The van der Waals surface area contributed by atoms with Gasteiger partial charge in [-0.15, -0.1) is 0 Å². The molecule has 0 unspecified atom stereocenters. The Kier molecular flexibility index (Phi) is 5.99. The second-order valence-corrected chi connectivity index (χ2v) is 9.62. The number of halogens is 1. The number of nitrogens with one attached hydrogen (secondary N) is 1. The van der Waals surface area contributed by atoms with Crippen molar-refractivity contribution in [1.82, 2.24) is 14.5 Å². The maximum atomic E-state index is 13.2. The van der Waals surface area contributed by atoms with Crippen LogP contribution >= 0.6 is 0 Å². The number of sulfonamides is 1. The zero-order valence-electron chi connectivity index (χ0n) is 18.0. The maximum Gasteiger partial charge on any atom is 0.240 e. The Labute approximate surface area is 186 Å². The molecule has 0 aliphatic carbocycles. The van der Waals surface area contributed by atoms with Crippen molar-refractivity contribution in [1.29, 1.82) is 0 Å². The number of aromatic nitrogens is 2. The van der Waals surface area contributed by atoms with Crippen molar-refractivity contribution >= 4 is 20.9 Å². The molecule has 0 saturated carbocycles. The summed E-state index contributed by atoms with van der Waals surface area (Å²) >= 11 is 0. The third kappa shape index (κ3) is 4.81. The van der Waals surface area contributed by atoms with Crippen molar-refractivity contribution in [3.05, 3.63) is 83.8 Å². The Bertz CT molecular complexity index is 1350. The van der Waals surface area contributed by atoms with Crippen LogP contribution in [0.2, 0.25) is 0 Å². The second kappa shape index (κ2) is 8.72. The van der Waals surface area contributed by atoms with Crippen LogP contribution in [0.5, 0.6) is 5.75 Å². The largest absolute Gasteiger partial charge is 0.492 e. The maximum absolute atomic E-state index is 13.2. The molecule has 4 rings (SSSR count). The van der Waals surface area contributed by atoms with E-state index in [9.17, 15) is 12.8 Å². The zero-order chi connectivity index (χ0) is 22.9. The van der Waals surface area contributed by atoms with Gasteiger partial charge in [-0.2, -0.15) is 5.10 Å². The van der Waals surface area contributed by atoms with Crippen molar-refractivity contribution in [2.24, 2.45) is 0 Å². The molecule has 0 spiro atoms. The third-order valence-electron chi connectivity index (χ3n) is 4.97. The van der Waals surface area contributed by atoms with Gasteiger partial charge in [0.15, 0.2) is 0 Å². The predicted octanol–water partition coefficient (Wildman–Crippen LogP) is 4.53. The van der Waals surface area contributed by atoms with Gasteiger partial charge in [-0.05, 0) is 86.5 Å². The summed E-state index contributed by atoms with van der Waals surface area (Å²) in [4.78, 5) is 0.247. The van der Waals surface area contributed by atoms with Gasteiger partial charge in [0.1, 0.15) is 18.2 Å². The molecule has 1 aromatic heterocycles. The van der Waals surface area contributed by atoms with Gasteiger partial charge < -0.3 is 4.74 Å². The van der Waals surface area contributed by atoms with E-state index in [-0.39, 0.29) is 17.3 Å². The summed E-state index contributed by atoms with van der Waals surface area (Å²) in [6.45, 7) is 5.66. The molecule has 4 aromatic rings. The van der Waals surface area contributed by atoms with Crippen LogP contribution in [0.25, 0.3) is 16.6 Å². The number of ether oxygens (including phenoxy) is 1. The number of benzene rings is 3. The molecule has 6 nitrogen and oxygen atoms in total. The highest BCUT2D eigenvalue weighted by atomic mass is 32.2. The SMILES string of the molecule is Cc1cc(C)cc(S(=O)(=O)N[C@@H](C)COc2ccc3c(cnn3-c3ccc(F)cc3)c2)c1. The van der Waals surface area contributed by atoms with E-state index >= 15 is 0 Å². The van der Waals surface area contributed by atoms with E-state index in [0.29, 0.717) is 5.75 Å². The smallest absolute Gasteiger partial charge is 0.240 e. The molecule has 166 valence electrons. The number of hydrogen-bond donors (Lipinski definition) is 1. The molecule has 0 amide bonds. The van der Waals surface area contributed by atoms with Crippen LogP contribution in [0.3, 0.4) is 0 Å². The van der Waals surface area contributed by atoms with Gasteiger partial charge in [-0.25, -0.2) is 22.2 Å². The van der Waals surface area contributed by atoms with Gasteiger partial charge in [-0.1, -0.05) is 6.07 Å². The molecule has 1 N–H and O–H groups in total. The van der Waals surface area contributed by atoms with Crippen LogP contribution in [0, 0.1) is 19.7 Å². The summed E-state index contributed by atoms with van der Waals surface area (Å²) in [6, 6.07) is 16.4. The standard InChI is InChI=1S/C24H24FN3O3S/c1-16-10-17(2)12-23(11-16)32(29,30)27-18(3)15-31-22-8-9-24-19(13-22)14-26-28(24)21-6-4-20(25)5-7-21/h4-14,18,27H,15H2,1-3H3/t18-/m0/s1. The number of hydrogen-bond acceptors (Lipinski definition) is 4. The molecule has 8 heteroatoms. The number of nitrogens with zero attached hydrogens (tertiary/aromatic N) is 2. The van der Waals surface area contributed by atoms with Crippen LogP contribution in [0.4, 0.5) is 4.39 Å². The minimum Gasteiger partial charge on any atom is -0.492 e. The van der Waals surface area contributed by atoms with E-state index in [2.05, 4.69) is 9.82 Å². The molecule has 0 bridgehead atoms. The summed E-state index contributed by atoms with van der Waals surface area (Å²) in [5.74, 6) is 0.303. The van der Waals surface area contributed by atoms with Gasteiger partial charge in [0, 0.05) is 5.39 Å². The fourth-order valence-corrected chi connectivity index (χ4v) is 4.98. The summed E-state index contributed by atoms with van der Waals surface area (Å²) in [6.07, 6.45) is 1.71. The molecular weight excluding hydrogens is 429 g/mol. The minimum atomic E-state index is -3.64. The Hall–Kier alpha value is -3.23. The van der Waals surface area contributed by atoms with Crippen molar-refractivity contribution < 1.29 is 17.5 Å². The molecule has 0 fully saturated rings. The number of aryl methyl sites for hydroxylation is 2. The summed E-state index contributed by atoms with van der Waals surface area (Å²) in [5, 5.41) is 5.23. The van der Waals surface area contributed by atoms with Crippen molar-refractivity contribution in [2.75, 3.05) is 6.61 Å². The molecule has 1 heterocycles. The fraction of sp³-hybridized carbons (Fsp3) is 0.208. The highest BCUT2D eigenvalue weighted by molar-refractivity contribution is 7.89. The summed E-state index contributed by atoms with van der Waals surface area (Å²) in [7, 11) is -3.64. The summed E-state index contributed by atoms with van der Waals surface area (Å²) in [5.41, 5.74) is 3.39. The van der Waals surface area contributed by atoms with E-state index in [1.165, 1.54) is 12.1 Å². The lowest BCUT2D eigenvalue weighted by atomic mass is 10.2. The summed E-state index contributed by atoms with van der Waals surface area (Å²) < 4.78 is 48.8. The Morgan fingerprint density at radius 1 is 1.03 bits per heavy atom. The number of fused-ring (bicyclic) bond motifs is 1. The predicted molar refractivity (Wildman–Crippen MR) is 122 cm³/mol. The molecule has 1 atom stereocenters.